The highest BCUT2D eigenvalue weighted by molar-refractivity contribution is 8.27. The van der Waals surface area contributed by atoms with E-state index >= 15 is 0 Å². The molecule has 1 fully saturated rings. The van der Waals surface area contributed by atoms with E-state index in [-0.39, 0.29) is 11.5 Å². The van der Waals surface area contributed by atoms with Gasteiger partial charge in [0, 0.05) is 0 Å². The van der Waals surface area contributed by atoms with E-state index in [1.807, 2.05) is 36.4 Å². The molecule has 3 aromatic rings. The summed E-state index contributed by atoms with van der Waals surface area (Å²) in [5.74, 6) is -0.0572. The van der Waals surface area contributed by atoms with E-state index in [1.165, 1.54) is 29.3 Å². The van der Waals surface area contributed by atoms with Crippen LogP contribution in [0.3, 0.4) is 0 Å². The molecule has 0 bridgehead atoms. The zero-order valence-electron chi connectivity index (χ0n) is 18.1. The third-order valence-electron chi connectivity index (χ3n) is 5.05. The summed E-state index contributed by atoms with van der Waals surface area (Å²) in [7, 11) is 1.30. The predicted molar refractivity (Wildman–Crippen MR) is 135 cm³/mol. The van der Waals surface area contributed by atoms with E-state index in [1.54, 1.807) is 30.3 Å². The molecule has 0 aliphatic carbocycles. The lowest BCUT2D eigenvalue weighted by atomic mass is 10.1. The number of carbonyl (C=O) groups is 2. The molecule has 0 saturated carbocycles. The van der Waals surface area contributed by atoms with Crippen LogP contribution in [0.25, 0.3) is 6.08 Å². The molecule has 0 atom stereocenters. The van der Waals surface area contributed by atoms with Crippen LogP contribution in [0.15, 0.2) is 77.7 Å². The number of aryl methyl sites for hydroxylation is 1. The number of esters is 1. The molecule has 0 unspecified atom stereocenters. The van der Waals surface area contributed by atoms with E-state index in [0.29, 0.717) is 21.5 Å². The fraction of sp³-hybridized carbons (Fsp3) is 0.115. The fourth-order valence-electron chi connectivity index (χ4n) is 3.29. The minimum atomic E-state index is -0.523. The van der Waals surface area contributed by atoms with Gasteiger partial charge in [-0.3, -0.25) is 9.69 Å². The Balaban J connectivity index is 1.49. The van der Waals surface area contributed by atoms with Gasteiger partial charge in [0.05, 0.1) is 23.3 Å². The van der Waals surface area contributed by atoms with Gasteiger partial charge in [-0.05, 0) is 48.4 Å². The second-order valence-electron chi connectivity index (χ2n) is 7.37. The monoisotopic (exact) mass is 475 g/mol. The van der Waals surface area contributed by atoms with Crippen LogP contribution >= 0.6 is 24.0 Å². The summed E-state index contributed by atoms with van der Waals surface area (Å²) in [5.41, 5.74) is 3.85. The van der Waals surface area contributed by atoms with E-state index in [9.17, 15) is 9.59 Å². The minimum absolute atomic E-state index is 0.277. The Morgan fingerprint density at radius 2 is 1.73 bits per heavy atom. The van der Waals surface area contributed by atoms with E-state index in [2.05, 4.69) is 19.1 Å². The lowest BCUT2D eigenvalue weighted by Crippen LogP contribution is -2.29. The van der Waals surface area contributed by atoms with Crippen molar-refractivity contribution in [1.29, 1.82) is 0 Å². The highest BCUT2D eigenvalue weighted by Crippen LogP contribution is 2.37. The predicted octanol–water partition coefficient (Wildman–Crippen LogP) is 5.77. The number of amides is 1. The first-order valence-corrected chi connectivity index (χ1v) is 11.4. The van der Waals surface area contributed by atoms with Crippen molar-refractivity contribution in [1.82, 2.24) is 0 Å². The van der Waals surface area contributed by atoms with Gasteiger partial charge >= 0.3 is 5.97 Å². The minimum Gasteiger partial charge on any atom is -0.489 e. The first-order valence-electron chi connectivity index (χ1n) is 10.2. The molecule has 33 heavy (non-hydrogen) atoms. The molecule has 0 spiro atoms. The Bertz CT molecular complexity index is 1230. The molecule has 4 rings (SSSR count). The summed E-state index contributed by atoms with van der Waals surface area (Å²) in [6.45, 7) is 2.53. The first-order chi connectivity index (χ1) is 16.0. The van der Waals surface area contributed by atoms with Crippen LogP contribution in [-0.2, 0) is 16.1 Å². The van der Waals surface area contributed by atoms with Gasteiger partial charge in [-0.15, -0.1) is 0 Å². The smallest absolute Gasteiger partial charge is 0.339 e. The number of ether oxygens (including phenoxy) is 2. The molecule has 0 N–H and O–H groups in total. The molecular formula is C26H21NO4S2. The number of anilines is 1. The maximum atomic E-state index is 13.1. The number of thioether (sulfide) groups is 1. The van der Waals surface area contributed by atoms with Crippen molar-refractivity contribution in [3.05, 3.63) is 100.0 Å². The molecule has 1 amide bonds. The van der Waals surface area contributed by atoms with Crippen molar-refractivity contribution >= 4 is 51.9 Å². The molecule has 1 aliphatic rings. The van der Waals surface area contributed by atoms with Crippen molar-refractivity contribution in [2.45, 2.75) is 13.5 Å². The van der Waals surface area contributed by atoms with Crippen LogP contribution in [0, 0.1) is 6.92 Å². The van der Waals surface area contributed by atoms with Gasteiger partial charge in [0.15, 0.2) is 4.32 Å². The van der Waals surface area contributed by atoms with Gasteiger partial charge in [-0.25, -0.2) is 4.79 Å². The largest absolute Gasteiger partial charge is 0.489 e. The SMILES string of the molecule is COC(=O)c1ccccc1N1C(=O)/C(=C/c2ccc(OCc3ccc(C)cc3)cc2)SC1=S. The zero-order chi connectivity index (χ0) is 23.4. The van der Waals surface area contributed by atoms with Gasteiger partial charge in [0.25, 0.3) is 5.91 Å². The second kappa shape index (κ2) is 10.0. The van der Waals surface area contributed by atoms with Crippen LogP contribution in [0.1, 0.15) is 27.0 Å². The topological polar surface area (TPSA) is 55.8 Å². The molecule has 166 valence electrons. The van der Waals surface area contributed by atoms with Crippen molar-refractivity contribution < 1.29 is 19.1 Å². The third-order valence-corrected chi connectivity index (χ3v) is 6.35. The van der Waals surface area contributed by atoms with Crippen LogP contribution in [0.5, 0.6) is 5.75 Å². The molecular weight excluding hydrogens is 454 g/mol. The Morgan fingerprint density at radius 3 is 2.42 bits per heavy atom. The molecule has 1 aliphatic heterocycles. The number of para-hydroxylation sites is 1. The maximum absolute atomic E-state index is 13.1. The lowest BCUT2D eigenvalue weighted by Gasteiger charge is -2.17. The lowest BCUT2D eigenvalue weighted by molar-refractivity contribution is -0.113. The average molecular weight is 476 g/mol. The highest BCUT2D eigenvalue weighted by atomic mass is 32.2. The molecule has 1 saturated heterocycles. The second-order valence-corrected chi connectivity index (χ2v) is 9.04. The first kappa shape index (κ1) is 22.8. The van der Waals surface area contributed by atoms with E-state index < -0.39 is 5.97 Å². The normalized spacial score (nSPS) is 14.6. The van der Waals surface area contributed by atoms with Gasteiger partial charge in [0.1, 0.15) is 12.4 Å². The molecule has 1 heterocycles. The van der Waals surface area contributed by atoms with Crippen LogP contribution in [0.4, 0.5) is 5.69 Å². The third kappa shape index (κ3) is 5.16. The van der Waals surface area contributed by atoms with Crippen molar-refractivity contribution in [2.24, 2.45) is 0 Å². The molecule has 3 aromatic carbocycles. The summed E-state index contributed by atoms with van der Waals surface area (Å²) < 4.78 is 11.1. The Labute approximate surface area is 202 Å². The summed E-state index contributed by atoms with van der Waals surface area (Å²) in [6.07, 6.45) is 1.78. The molecule has 0 radical (unpaired) electrons. The van der Waals surface area contributed by atoms with Crippen LogP contribution in [-0.4, -0.2) is 23.3 Å². The summed E-state index contributed by atoms with van der Waals surface area (Å²) >= 11 is 6.64. The standard InChI is InChI=1S/C26H21NO4S2/c1-17-7-9-19(10-8-17)16-31-20-13-11-18(12-14-20)15-23-24(28)27(26(32)33-23)22-6-4-3-5-21(22)25(29)30-2/h3-15H,16H2,1-2H3/b23-15-. The number of methoxy groups -OCH3 is 1. The van der Waals surface area contributed by atoms with Gasteiger partial charge < -0.3 is 9.47 Å². The van der Waals surface area contributed by atoms with Crippen molar-refractivity contribution in [3.8, 4) is 5.75 Å². The Kier molecular flexibility index (Phi) is 6.91. The number of hydrogen-bond donors (Lipinski definition) is 0. The van der Waals surface area contributed by atoms with E-state index in [4.69, 9.17) is 21.7 Å². The van der Waals surface area contributed by atoms with Gasteiger partial charge in [-0.1, -0.05) is 78.1 Å². The Morgan fingerprint density at radius 1 is 1.03 bits per heavy atom. The number of thiocarbonyl (C=S) groups is 1. The average Bonchev–Trinajstić information content (AvgIpc) is 3.11. The van der Waals surface area contributed by atoms with Gasteiger partial charge in [0.2, 0.25) is 0 Å². The van der Waals surface area contributed by atoms with Crippen LogP contribution < -0.4 is 9.64 Å². The zero-order valence-corrected chi connectivity index (χ0v) is 19.7. The number of carbonyl (C=O) groups excluding carboxylic acids is 2. The van der Waals surface area contributed by atoms with Crippen molar-refractivity contribution in [3.63, 3.8) is 0 Å². The van der Waals surface area contributed by atoms with Crippen LogP contribution in [0.2, 0.25) is 0 Å². The van der Waals surface area contributed by atoms with Gasteiger partial charge in [-0.2, -0.15) is 0 Å². The molecule has 7 heteroatoms. The number of hydrogen-bond acceptors (Lipinski definition) is 6. The van der Waals surface area contributed by atoms with E-state index in [0.717, 1.165) is 16.9 Å². The maximum Gasteiger partial charge on any atom is 0.339 e. The molecule has 5 nitrogen and oxygen atoms in total. The summed E-state index contributed by atoms with van der Waals surface area (Å²) in [4.78, 5) is 27.1. The van der Waals surface area contributed by atoms with Crippen molar-refractivity contribution in [2.75, 3.05) is 12.0 Å². The number of rotatable bonds is 6. The highest BCUT2D eigenvalue weighted by Gasteiger charge is 2.35. The molecule has 0 aromatic heterocycles. The quantitative estimate of drug-likeness (QED) is 0.256. The number of benzene rings is 3. The summed E-state index contributed by atoms with van der Waals surface area (Å²) in [6, 6.07) is 22.5. The summed E-state index contributed by atoms with van der Waals surface area (Å²) in [5, 5.41) is 0. The number of nitrogens with zero attached hydrogens (tertiary/aromatic N) is 1. The fourth-order valence-corrected chi connectivity index (χ4v) is 4.57. The Hall–Kier alpha value is -3.42.